The van der Waals surface area contributed by atoms with Crippen molar-refractivity contribution in [1.29, 1.82) is 0 Å². The van der Waals surface area contributed by atoms with Crippen LogP contribution in [0.15, 0.2) is 6.07 Å². The Bertz CT molecular complexity index is 514. The van der Waals surface area contributed by atoms with Crippen molar-refractivity contribution in [2.75, 3.05) is 13.1 Å². The normalized spacial score (nSPS) is 17.4. The molecule has 1 fully saturated rings. The van der Waals surface area contributed by atoms with Gasteiger partial charge in [-0.2, -0.15) is 0 Å². The molecule has 1 heterocycles. The molecule has 0 saturated carbocycles. The molecule has 1 aliphatic rings. The molecule has 1 aromatic carbocycles. The average Bonchev–Trinajstić information content (AvgIpc) is 2.36. The molecule has 0 atom stereocenters. The number of piperidine rings is 1. The highest BCUT2D eigenvalue weighted by molar-refractivity contribution is 5.97. The molecule has 3 heteroatoms. The first-order valence-corrected chi connectivity index (χ1v) is 7.41. The number of hydrogen-bond donors (Lipinski definition) is 1. The molecule has 1 N–H and O–H groups in total. The lowest BCUT2D eigenvalue weighted by atomic mass is 9.91. The number of rotatable bonds is 3. The zero-order valence-electron chi connectivity index (χ0n) is 13.0. The summed E-state index contributed by atoms with van der Waals surface area (Å²) in [7, 11) is 0. The zero-order valence-corrected chi connectivity index (χ0v) is 13.0. The first kappa shape index (κ1) is 15.2. The third kappa shape index (κ3) is 3.10. The Kier molecular flexibility index (Phi) is 4.61. The summed E-state index contributed by atoms with van der Waals surface area (Å²) < 4.78 is 0. The van der Waals surface area contributed by atoms with Gasteiger partial charge in [-0.1, -0.05) is 6.07 Å². The van der Waals surface area contributed by atoms with E-state index < -0.39 is 0 Å². The van der Waals surface area contributed by atoms with Crippen molar-refractivity contribution in [1.82, 2.24) is 4.90 Å². The van der Waals surface area contributed by atoms with Crippen molar-refractivity contribution >= 4 is 5.78 Å². The van der Waals surface area contributed by atoms with Crippen molar-refractivity contribution in [2.45, 2.75) is 53.2 Å². The van der Waals surface area contributed by atoms with Gasteiger partial charge >= 0.3 is 0 Å². The van der Waals surface area contributed by atoms with Crippen LogP contribution in [-0.4, -0.2) is 35.0 Å². The molecule has 0 aromatic heterocycles. The van der Waals surface area contributed by atoms with Crippen LogP contribution in [0, 0.1) is 20.8 Å². The molecular formula is C17H25NO2. The minimum atomic E-state index is -0.140. The van der Waals surface area contributed by atoms with E-state index in [0.717, 1.165) is 49.2 Å². The molecule has 2 rings (SSSR count). The summed E-state index contributed by atoms with van der Waals surface area (Å²) in [5.41, 5.74) is 5.61. The maximum Gasteiger partial charge on any atom is 0.160 e. The van der Waals surface area contributed by atoms with Crippen molar-refractivity contribution in [3.8, 4) is 0 Å². The molecule has 1 aromatic rings. The second kappa shape index (κ2) is 6.06. The fourth-order valence-electron chi connectivity index (χ4n) is 3.31. The predicted octanol–water partition coefficient (Wildman–Crippen LogP) is 2.77. The van der Waals surface area contributed by atoms with E-state index in [0.29, 0.717) is 0 Å². The Balaban J connectivity index is 2.27. The molecule has 0 spiro atoms. The Morgan fingerprint density at radius 3 is 2.40 bits per heavy atom. The standard InChI is InChI=1S/C17H25NO2/c1-11-9-12(2)17(14(4)19)13(3)16(11)10-18-7-5-15(20)6-8-18/h9,15,20H,5-8,10H2,1-4H3. The van der Waals surface area contributed by atoms with E-state index in [1.807, 2.05) is 6.92 Å². The van der Waals surface area contributed by atoms with Gasteiger partial charge in [0.25, 0.3) is 0 Å². The number of nitrogens with zero attached hydrogens (tertiary/aromatic N) is 1. The molecule has 0 aliphatic carbocycles. The molecule has 1 saturated heterocycles. The average molecular weight is 275 g/mol. The molecule has 0 amide bonds. The largest absolute Gasteiger partial charge is 0.393 e. The van der Waals surface area contributed by atoms with Gasteiger partial charge in [0.1, 0.15) is 0 Å². The van der Waals surface area contributed by atoms with Gasteiger partial charge in [-0.05, 0) is 62.8 Å². The summed E-state index contributed by atoms with van der Waals surface area (Å²) in [6.45, 7) is 10.6. The minimum absolute atomic E-state index is 0.140. The van der Waals surface area contributed by atoms with Crippen LogP contribution in [0.25, 0.3) is 0 Å². The highest BCUT2D eigenvalue weighted by Crippen LogP contribution is 2.25. The van der Waals surface area contributed by atoms with Crippen LogP contribution >= 0.6 is 0 Å². The number of carbonyl (C=O) groups is 1. The van der Waals surface area contributed by atoms with Crippen molar-refractivity contribution in [3.63, 3.8) is 0 Å². The maximum atomic E-state index is 11.8. The van der Waals surface area contributed by atoms with Gasteiger partial charge in [0, 0.05) is 25.2 Å². The first-order chi connectivity index (χ1) is 9.40. The molecule has 0 radical (unpaired) electrons. The van der Waals surface area contributed by atoms with Gasteiger partial charge in [0.05, 0.1) is 6.10 Å². The Labute approximate surface area is 121 Å². The van der Waals surface area contributed by atoms with E-state index in [4.69, 9.17) is 0 Å². The SMILES string of the molecule is CC(=O)c1c(C)cc(C)c(CN2CCC(O)CC2)c1C. The molecule has 20 heavy (non-hydrogen) atoms. The molecule has 0 bridgehead atoms. The topological polar surface area (TPSA) is 40.5 Å². The highest BCUT2D eigenvalue weighted by atomic mass is 16.3. The number of aliphatic hydroxyl groups is 1. The Morgan fingerprint density at radius 1 is 1.25 bits per heavy atom. The van der Waals surface area contributed by atoms with Crippen LogP contribution in [-0.2, 0) is 6.54 Å². The predicted molar refractivity (Wildman–Crippen MR) is 81.2 cm³/mol. The third-order valence-electron chi connectivity index (χ3n) is 4.42. The van der Waals surface area contributed by atoms with E-state index in [2.05, 4.69) is 24.8 Å². The number of likely N-dealkylation sites (tertiary alicyclic amines) is 1. The summed E-state index contributed by atoms with van der Waals surface area (Å²) >= 11 is 0. The van der Waals surface area contributed by atoms with Gasteiger partial charge in [0.2, 0.25) is 0 Å². The van der Waals surface area contributed by atoms with Crippen LogP contribution in [0.3, 0.4) is 0 Å². The first-order valence-electron chi connectivity index (χ1n) is 7.41. The fourth-order valence-corrected chi connectivity index (χ4v) is 3.31. The number of carbonyl (C=O) groups excluding carboxylic acids is 1. The summed E-state index contributed by atoms with van der Waals surface area (Å²) in [5.74, 6) is 0.148. The molecule has 110 valence electrons. The Morgan fingerprint density at radius 2 is 1.85 bits per heavy atom. The van der Waals surface area contributed by atoms with Gasteiger partial charge in [-0.25, -0.2) is 0 Å². The van der Waals surface area contributed by atoms with Gasteiger partial charge in [-0.3, -0.25) is 9.69 Å². The zero-order chi connectivity index (χ0) is 14.9. The van der Waals surface area contributed by atoms with Crippen molar-refractivity contribution in [3.05, 3.63) is 33.9 Å². The number of aryl methyl sites for hydroxylation is 2. The van der Waals surface area contributed by atoms with Crippen LogP contribution in [0.5, 0.6) is 0 Å². The fraction of sp³-hybridized carbons (Fsp3) is 0.588. The van der Waals surface area contributed by atoms with Crippen LogP contribution < -0.4 is 0 Å². The van der Waals surface area contributed by atoms with Crippen LogP contribution in [0.2, 0.25) is 0 Å². The highest BCUT2D eigenvalue weighted by Gasteiger charge is 2.20. The summed E-state index contributed by atoms with van der Waals surface area (Å²) in [6, 6.07) is 2.12. The van der Waals surface area contributed by atoms with Gasteiger partial charge < -0.3 is 5.11 Å². The monoisotopic (exact) mass is 275 g/mol. The number of benzene rings is 1. The minimum Gasteiger partial charge on any atom is -0.393 e. The second-order valence-corrected chi connectivity index (χ2v) is 6.05. The van der Waals surface area contributed by atoms with E-state index in [1.165, 1.54) is 11.1 Å². The molecule has 0 unspecified atom stereocenters. The van der Waals surface area contributed by atoms with Crippen LogP contribution in [0.1, 0.15) is 52.4 Å². The third-order valence-corrected chi connectivity index (χ3v) is 4.42. The smallest absolute Gasteiger partial charge is 0.160 e. The lowest BCUT2D eigenvalue weighted by molar-refractivity contribution is 0.0791. The summed E-state index contributed by atoms with van der Waals surface area (Å²) in [5, 5.41) is 9.58. The van der Waals surface area contributed by atoms with Gasteiger partial charge in [-0.15, -0.1) is 0 Å². The molecule has 1 aliphatic heterocycles. The van der Waals surface area contributed by atoms with E-state index in [-0.39, 0.29) is 11.9 Å². The van der Waals surface area contributed by atoms with Crippen LogP contribution in [0.4, 0.5) is 0 Å². The number of ketones is 1. The Hall–Kier alpha value is -1.19. The lowest BCUT2D eigenvalue weighted by Crippen LogP contribution is -2.35. The lowest BCUT2D eigenvalue weighted by Gasteiger charge is -2.31. The molecular weight excluding hydrogens is 250 g/mol. The number of aliphatic hydroxyl groups excluding tert-OH is 1. The van der Waals surface area contributed by atoms with E-state index in [9.17, 15) is 9.90 Å². The molecule has 3 nitrogen and oxygen atoms in total. The number of hydrogen-bond acceptors (Lipinski definition) is 3. The van der Waals surface area contributed by atoms with E-state index >= 15 is 0 Å². The maximum absolute atomic E-state index is 11.8. The summed E-state index contributed by atoms with van der Waals surface area (Å²) in [4.78, 5) is 14.2. The van der Waals surface area contributed by atoms with Crippen molar-refractivity contribution < 1.29 is 9.90 Å². The number of Topliss-reactive ketones (excluding diaryl/α,β-unsaturated/α-hetero) is 1. The summed E-state index contributed by atoms with van der Waals surface area (Å²) in [6.07, 6.45) is 1.56. The van der Waals surface area contributed by atoms with Gasteiger partial charge in [0.15, 0.2) is 5.78 Å². The second-order valence-electron chi connectivity index (χ2n) is 6.05. The van der Waals surface area contributed by atoms with E-state index in [1.54, 1.807) is 6.92 Å². The van der Waals surface area contributed by atoms with Crippen molar-refractivity contribution in [2.24, 2.45) is 0 Å². The quantitative estimate of drug-likeness (QED) is 0.862.